The average Bonchev–Trinajstić information content (AvgIpc) is 2.32. The van der Waals surface area contributed by atoms with E-state index in [1.54, 1.807) is 30.3 Å². The second kappa shape index (κ2) is 8.43. The number of rotatable bonds is 3. The van der Waals surface area contributed by atoms with Crippen LogP contribution in [0.15, 0.2) is 30.3 Å². The smallest absolute Gasteiger partial charge is 0.320 e. The molecule has 0 heterocycles. The Bertz CT molecular complexity index is 324. The zero-order chi connectivity index (χ0) is 12.4. The van der Waals surface area contributed by atoms with Crippen molar-refractivity contribution in [2.24, 2.45) is 0 Å². The third-order valence-corrected chi connectivity index (χ3v) is 1.40. The molecule has 0 unspecified atom stereocenters. The average molecular weight is 225 g/mol. The van der Waals surface area contributed by atoms with Crippen molar-refractivity contribution in [1.29, 1.82) is 0 Å². The molecular weight excluding hydrogens is 210 g/mol. The lowest BCUT2D eigenvalue weighted by molar-refractivity contribution is -0.141. The van der Waals surface area contributed by atoms with Gasteiger partial charge in [-0.1, -0.05) is 32.0 Å². The van der Waals surface area contributed by atoms with E-state index >= 15 is 0 Å². The molecule has 0 radical (unpaired) electrons. The minimum absolute atomic E-state index is 0.364. The molecule has 0 atom stereocenters. The van der Waals surface area contributed by atoms with E-state index in [0.29, 0.717) is 5.75 Å². The van der Waals surface area contributed by atoms with Gasteiger partial charge in [0, 0.05) is 0 Å². The van der Waals surface area contributed by atoms with Crippen molar-refractivity contribution in [3.8, 4) is 5.75 Å². The molecule has 16 heavy (non-hydrogen) atoms. The Morgan fingerprint density at radius 1 is 1.25 bits per heavy atom. The van der Waals surface area contributed by atoms with E-state index in [0.717, 1.165) is 0 Å². The van der Waals surface area contributed by atoms with Crippen LogP contribution in [0.5, 0.6) is 5.75 Å². The Morgan fingerprint density at radius 2 is 1.81 bits per heavy atom. The van der Waals surface area contributed by atoms with Gasteiger partial charge in [-0.3, -0.25) is 14.8 Å². The number of nitrogens with one attached hydrogen (secondary N) is 1. The molecular formula is C11H15NO4. The maximum atomic E-state index is 11.0. The Hall–Kier alpha value is -1.88. The first-order valence-electron chi connectivity index (χ1n) is 4.91. The van der Waals surface area contributed by atoms with Crippen LogP contribution in [0.25, 0.3) is 0 Å². The van der Waals surface area contributed by atoms with Crippen LogP contribution in [0.3, 0.4) is 0 Å². The van der Waals surface area contributed by atoms with E-state index < -0.39 is 18.3 Å². The van der Waals surface area contributed by atoms with E-state index in [9.17, 15) is 9.59 Å². The summed E-state index contributed by atoms with van der Waals surface area (Å²) in [7, 11) is 0. The zero-order valence-corrected chi connectivity index (χ0v) is 9.27. The topological polar surface area (TPSA) is 75.6 Å². The van der Waals surface area contributed by atoms with Crippen LogP contribution in [-0.4, -0.2) is 17.1 Å². The van der Waals surface area contributed by atoms with Crippen LogP contribution in [0.1, 0.15) is 20.3 Å². The molecule has 1 aromatic carbocycles. The Morgan fingerprint density at radius 3 is 2.31 bits per heavy atom. The second-order valence-electron chi connectivity index (χ2n) is 2.50. The monoisotopic (exact) mass is 225 g/mol. The predicted molar refractivity (Wildman–Crippen MR) is 58.0 cm³/mol. The quantitative estimate of drug-likeness (QED) is 0.269. The number of hydroxylamine groups is 1. The molecule has 0 fully saturated rings. The molecule has 0 aliphatic carbocycles. The summed E-state index contributed by atoms with van der Waals surface area (Å²) in [5.41, 5.74) is 1.34. The van der Waals surface area contributed by atoms with E-state index in [1.807, 2.05) is 13.8 Å². The highest BCUT2D eigenvalue weighted by molar-refractivity contribution is 5.94. The fraction of sp³-hybridized carbons (Fsp3) is 0.273. The van der Waals surface area contributed by atoms with Crippen molar-refractivity contribution < 1.29 is 19.5 Å². The summed E-state index contributed by atoms with van der Waals surface area (Å²) in [6.07, 6.45) is -0.509. The molecule has 88 valence electrons. The van der Waals surface area contributed by atoms with Gasteiger partial charge in [0.15, 0.2) is 0 Å². The Labute approximate surface area is 94.0 Å². The normalized spacial score (nSPS) is 8.44. The maximum absolute atomic E-state index is 11.0. The third kappa shape index (κ3) is 5.77. The standard InChI is InChI=1S/C9H9NO4.C2H6/c11-8(10-13)6-9(12)14-7-4-2-1-3-5-7;1-2/h1-5,13H,6H2,(H,10,11);1-2H3. The summed E-state index contributed by atoms with van der Waals surface area (Å²) >= 11 is 0. The van der Waals surface area contributed by atoms with E-state index in [2.05, 4.69) is 0 Å². The summed E-state index contributed by atoms with van der Waals surface area (Å²) < 4.78 is 4.78. The fourth-order valence-electron chi connectivity index (χ4n) is 0.827. The summed E-state index contributed by atoms with van der Waals surface area (Å²) in [5.74, 6) is -1.16. The molecule has 5 heteroatoms. The number of hydrogen-bond donors (Lipinski definition) is 2. The SMILES string of the molecule is CC.O=C(CC(=O)Oc1ccccc1)NO. The van der Waals surface area contributed by atoms with Gasteiger partial charge < -0.3 is 4.74 Å². The van der Waals surface area contributed by atoms with Crippen molar-refractivity contribution in [1.82, 2.24) is 5.48 Å². The van der Waals surface area contributed by atoms with Crippen LogP contribution >= 0.6 is 0 Å². The molecule has 0 saturated carbocycles. The van der Waals surface area contributed by atoms with Gasteiger partial charge in [0.2, 0.25) is 0 Å². The van der Waals surface area contributed by atoms with Crippen LogP contribution in [0, 0.1) is 0 Å². The van der Waals surface area contributed by atoms with Crippen LogP contribution in [0.2, 0.25) is 0 Å². The largest absolute Gasteiger partial charge is 0.426 e. The number of benzene rings is 1. The van der Waals surface area contributed by atoms with Crippen LogP contribution < -0.4 is 10.2 Å². The fourth-order valence-corrected chi connectivity index (χ4v) is 0.827. The van der Waals surface area contributed by atoms with Gasteiger partial charge in [0.1, 0.15) is 12.2 Å². The zero-order valence-electron chi connectivity index (χ0n) is 9.27. The summed E-state index contributed by atoms with van der Waals surface area (Å²) in [4.78, 5) is 21.5. The number of esters is 1. The van der Waals surface area contributed by atoms with Crippen LogP contribution in [0.4, 0.5) is 0 Å². The Balaban J connectivity index is 0.00000106. The molecule has 1 aromatic rings. The minimum Gasteiger partial charge on any atom is -0.426 e. The lowest BCUT2D eigenvalue weighted by atomic mass is 10.3. The number of ether oxygens (including phenoxy) is 1. The van der Waals surface area contributed by atoms with Crippen molar-refractivity contribution in [2.75, 3.05) is 0 Å². The van der Waals surface area contributed by atoms with Crippen LogP contribution in [-0.2, 0) is 9.59 Å². The minimum atomic E-state index is -0.800. The molecule has 0 aliphatic rings. The molecule has 2 N–H and O–H groups in total. The Kier molecular flexibility index (Phi) is 7.44. The van der Waals surface area contributed by atoms with Gasteiger partial charge in [0.25, 0.3) is 5.91 Å². The third-order valence-electron chi connectivity index (χ3n) is 1.40. The second-order valence-corrected chi connectivity index (χ2v) is 2.50. The molecule has 0 spiro atoms. The van der Waals surface area contributed by atoms with Crippen molar-refractivity contribution >= 4 is 11.9 Å². The van der Waals surface area contributed by atoms with Gasteiger partial charge in [-0.15, -0.1) is 0 Å². The van der Waals surface area contributed by atoms with Gasteiger partial charge in [-0.2, -0.15) is 0 Å². The first-order valence-corrected chi connectivity index (χ1v) is 4.91. The highest BCUT2D eigenvalue weighted by Gasteiger charge is 2.10. The number of hydrogen-bond acceptors (Lipinski definition) is 4. The maximum Gasteiger partial charge on any atom is 0.320 e. The lowest BCUT2D eigenvalue weighted by Gasteiger charge is -2.02. The molecule has 1 rings (SSSR count). The summed E-state index contributed by atoms with van der Waals surface area (Å²) in [5, 5.41) is 8.14. The van der Waals surface area contributed by atoms with Crippen molar-refractivity contribution in [3.63, 3.8) is 0 Å². The molecule has 0 saturated heterocycles. The summed E-state index contributed by atoms with van der Waals surface area (Å²) in [6, 6.07) is 8.37. The van der Waals surface area contributed by atoms with Gasteiger partial charge in [0.05, 0.1) is 0 Å². The highest BCUT2D eigenvalue weighted by atomic mass is 16.5. The lowest BCUT2D eigenvalue weighted by Crippen LogP contribution is -2.24. The number of para-hydroxylation sites is 1. The van der Waals surface area contributed by atoms with E-state index in [4.69, 9.17) is 9.94 Å². The van der Waals surface area contributed by atoms with Gasteiger partial charge >= 0.3 is 5.97 Å². The first kappa shape index (κ1) is 14.1. The molecule has 0 aromatic heterocycles. The number of carbonyl (C=O) groups is 2. The first-order chi connectivity index (χ1) is 7.72. The molecule has 0 bridgehead atoms. The molecule has 0 aliphatic heterocycles. The number of carbonyl (C=O) groups excluding carboxylic acids is 2. The van der Waals surface area contributed by atoms with E-state index in [1.165, 1.54) is 5.48 Å². The van der Waals surface area contributed by atoms with E-state index in [-0.39, 0.29) is 0 Å². The van der Waals surface area contributed by atoms with Crippen molar-refractivity contribution in [2.45, 2.75) is 20.3 Å². The number of amides is 1. The molecule has 1 amide bonds. The van der Waals surface area contributed by atoms with Gasteiger partial charge in [-0.05, 0) is 12.1 Å². The molecule has 5 nitrogen and oxygen atoms in total. The summed E-state index contributed by atoms with van der Waals surface area (Å²) in [6.45, 7) is 4.00. The van der Waals surface area contributed by atoms with Gasteiger partial charge in [-0.25, -0.2) is 5.48 Å². The predicted octanol–water partition coefficient (Wildman–Crippen LogP) is 1.51. The highest BCUT2D eigenvalue weighted by Crippen LogP contribution is 2.08. The van der Waals surface area contributed by atoms with Crippen molar-refractivity contribution in [3.05, 3.63) is 30.3 Å².